The molecule has 0 aliphatic carbocycles. The number of aryl methyl sites for hydroxylation is 2. The highest BCUT2D eigenvalue weighted by molar-refractivity contribution is 5.91. The topological polar surface area (TPSA) is 60.1 Å². The van der Waals surface area contributed by atoms with Gasteiger partial charge in [0.15, 0.2) is 5.65 Å². The summed E-state index contributed by atoms with van der Waals surface area (Å²) in [5.41, 5.74) is 1.97. The summed E-state index contributed by atoms with van der Waals surface area (Å²) >= 11 is 0. The van der Waals surface area contributed by atoms with E-state index in [0.29, 0.717) is 24.1 Å². The number of pyridine rings is 1. The SMILES string of the molecule is Cn1c2ccccc2c(=O)c2c(=O)n(CCc3ccccc3)c(CN3CCCCC3)nc21. The molecule has 6 heteroatoms. The molecule has 0 saturated carbocycles. The van der Waals surface area contributed by atoms with Gasteiger partial charge < -0.3 is 4.57 Å². The van der Waals surface area contributed by atoms with Gasteiger partial charge in [0.1, 0.15) is 11.2 Å². The molecule has 0 N–H and O–H groups in total. The first-order valence-corrected chi connectivity index (χ1v) is 11.4. The second-order valence-electron chi connectivity index (χ2n) is 8.66. The van der Waals surface area contributed by atoms with Crippen LogP contribution in [-0.2, 0) is 26.6 Å². The van der Waals surface area contributed by atoms with Gasteiger partial charge in [-0.05, 0) is 50.0 Å². The van der Waals surface area contributed by atoms with E-state index in [-0.39, 0.29) is 16.4 Å². The first kappa shape index (κ1) is 20.6. The number of nitrogens with zero attached hydrogens (tertiary/aromatic N) is 4. The molecule has 0 radical (unpaired) electrons. The summed E-state index contributed by atoms with van der Waals surface area (Å²) in [7, 11) is 1.88. The van der Waals surface area contributed by atoms with Crippen LogP contribution in [0.2, 0.25) is 0 Å². The van der Waals surface area contributed by atoms with Crippen LogP contribution in [0, 0.1) is 0 Å². The largest absolute Gasteiger partial charge is 0.328 e. The Morgan fingerprint density at radius 3 is 2.41 bits per heavy atom. The van der Waals surface area contributed by atoms with Crippen LogP contribution in [0.3, 0.4) is 0 Å². The fourth-order valence-corrected chi connectivity index (χ4v) is 4.79. The van der Waals surface area contributed by atoms with E-state index in [0.717, 1.165) is 36.4 Å². The lowest BCUT2D eigenvalue weighted by molar-refractivity contribution is 0.212. The van der Waals surface area contributed by atoms with E-state index < -0.39 is 0 Å². The van der Waals surface area contributed by atoms with Crippen LogP contribution in [-0.4, -0.2) is 32.1 Å². The van der Waals surface area contributed by atoms with Gasteiger partial charge in [0.05, 0.1) is 12.1 Å². The van der Waals surface area contributed by atoms with Gasteiger partial charge in [0.2, 0.25) is 5.43 Å². The van der Waals surface area contributed by atoms with Crippen LogP contribution < -0.4 is 11.0 Å². The lowest BCUT2D eigenvalue weighted by Crippen LogP contribution is -2.36. The van der Waals surface area contributed by atoms with Gasteiger partial charge >= 0.3 is 0 Å². The number of benzene rings is 2. The molecule has 6 nitrogen and oxygen atoms in total. The Morgan fingerprint density at radius 1 is 0.906 bits per heavy atom. The van der Waals surface area contributed by atoms with Crippen molar-refractivity contribution in [2.45, 2.75) is 38.8 Å². The van der Waals surface area contributed by atoms with E-state index in [2.05, 4.69) is 17.0 Å². The highest BCUT2D eigenvalue weighted by Crippen LogP contribution is 2.17. The van der Waals surface area contributed by atoms with Crippen molar-refractivity contribution in [1.29, 1.82) is 0 Å². The molecule has 0 unspecified atom stereocenters. The highest BCUT2D eigenvalue weighted by atomic mass is 16.1. The first-order valence-electron chi connectivity index (χ1n) is 11.4. The number of likely N-dealkylation sites (tertiary alicyclic amines) is 1. The maximum Gasteiger partial charge on any atom is 0.267 e. The van der Waals surface area contributed by atoms with E-state index in [1.165, 1.54) is 19.3 Å². The van der Waals surface area contributed by atoms with Crippen LogP contribution in [0.4, 0.5) is 0 Å². The van der Waals surface area contributed by atoms with E-state index in [9.17, 15) is 9.59 Å². The lowest BCUT2D eigenvalue weighted by atomic mass is 10.1. The average molecular weight is 429 g/mol. The van der Waals surface area contributed by atoms with E-state index in [1.54, 1.807) is 10.6 Å². The zero-order valence-corrected chi connectivity index (χ0v) is 18.5. The van der Waals surface area contributed by atoms with Crippen molar-refractivity contribution in [3.8, 4) is 0 Å². The first-order chi connectivity index (χ1) is 15.6. The number of hydrogen-bond acceptors (Lipinski definition) is 4. The molecule has 1 saturated heterocycles. The van der Waals surface area contributed by atoms with Gasteiger partial charge in [-0.1, -0.05) is 48.9 Å². The molecule has 0 amide bonds. The molecular weight excluding hydrogens is 400 g/mol. The van der Waals surface area contributed by atoms with Gasteiger partial charge in [-0.2, -0.15) is 0 Å². The molecule has 2 aromatic heterocycles. The van der Waals surface area contributed by atoms with E-state index >= 15 is 0 Å². The number of aromatic nitrogens is 3. The predicted octanol–water partition coefficient (Wildman–Crippen LogP) is 3.48. The highest BCUT2D eigenvalue weighted by Gasteiger charge is 2.20. The molecule has 0 bridgehead atoms. The summed E-state index contributed by atoms with van der Waals surface area (Å²) in [6, 6.07) is 17.6. The van der Waals surface area contributed by atoms with Gasteiger partial charge in [0.25, 0.3) is 5.56 Å². The monoisotopic (exact) mass is 428 g/mol. The Labute approximate surface area is 186 Å². The molecule has 0 atom stereocenters. The van der Waals surface area contributed by atoms with E-state index in [1.807, 2.05) is 48.0 Å². The number of rotatable bonds is 5. The standard InChI is InChI=1S/C26H28N4O2/c1-28-21-13-7-6-12-20(21)24(31)23-25(28)27-22(18-29-15-8-3-9-16-29)30(26(23)32)17-14-19-10-4-2-5-11-19/h2,4-7,10-13H,3,8-9,14-18H2,1H3. The fourth-order valence-electron chi connectivity index (χ4n) is 4.79. The van der Waals surface area contributed by atoms with Crippen LogP contribution in [0.1, 0.15) is 30.7 Å². The maximum atomic E-state index is 13.7. The van der Waals surface area contributed by atoms with Crippen molar-refractivity contribution in [3.05, 3.63) is 86.6 Å². The van der Waals surface area contributed by atoms with Crippen LogP contribution in [0.5, 0.6) is 0 Å². The minimum Gasteiger partial charge on any atom is -0.328 e. The van der Waals surface area contributed by atoms with Crippen LogP contribution >= 0.6 is 0 Å². The zero-order chi connectivity index (χ0) is 22.1. The molecular formula is C26H28N4O2. The quantitative estimate of drug-likeness (QED) is 0.457. The summed E-state index contributed by atoms with van der Waals surface area (Å²) < 4.78 is 3.62. The van der Waals surface area contributed by atoms with Crippen molar-refractivity contribution >= 4 is 21.9 Å². The Hall–Kier alpha value is -3.25. The van der Waals surface area contributed by atoms with Crippen molar-refractivity contribution in [2.75, 3.05) is 13.1 Å². The Bertz CT molecular complexity index is 1380. The number of piperidine rings is 1. The molecule has 1 fully saturated rings. The molecule has 2 aromatic carbocycles. The Kier molecular flexibility index (Phi) is 5.62. The summed E-state index contributed by atoms with van der Waals surface area (Å²) in [4.78, 5) is 34.3. The van der Waals surface area contributed by atoms with Gasteiger partial charge in [0, 0.05) is 19.0 Å². The second kappa shape index (κ2) is 8.71. The molecule has 1 aliphatic rings. The number of fused-ring (bicyclic) bond motifs is 2. The summed E-state index contributed by atoms with van der Waals surface area (Å²) in [6.45, 7) is 3.17. The molecule has 164 valence electrons. The molecule has 1 aliphatic heterocycles. The molecule has 3 heterocycles. The summed E-state index contributed by atoms with van der Waals surface area (Å²) in [5, 5.41) is 0.737. The lowest BCUT2D eigenvalue weighted by Gasteiger charge is -2.27. The Balaban J connectivity index is 1.68. The van der Waals surface area contributed by atoms with Crippen molar-refractivity contribution < 1.29 is 0 Å². The smallest absolute Gasteiger partial charge is 0.267 e. The zero-order valence-electron chi connectivity index (χ0n) is 18.5. The minimum atomic E-state index is -0.232. The number of para-hydroxylation sites is 1. The molecule has 0 spiro atoms. The average Bonchev–Trinajstić information content (AvgIpc) is 2.83. The van der Waals surface area contributed by atoms with Crippen molar-refractivity contribution in [2.24, 2.45) is 7.05 Å². The molecule has 32 heavy (non-hydrogen) atoms. The maximum absolute atomic E-state index is 13.7. The third-order valence-corrected chi connectivity index (χ3v) is 6.56. The van der Waals surface area contributed by atoms with Gasteiger partial charge in [-0.3, -0.25) is 19.1 Å². The van der Waals surface area contributed by atoms with E-state index in [4.69, 9.17) is 4.98 Å². The number of hydrogen-bond donors (Lipinski definition) is 0. The van der Waals surface area contributed by atoms with Crippen molar-refractivity contribution in [1.82, 2.24) is 19.0 Å². The second-order valence-corrected chi connectivity index (χ2v) is 8.66. The molecule has 4 aromatic rings. The van der Waals surface area contributed by atoms with Crippen LogP contribution in [0.15, 0.2) is 64.2 Å². The molecule has 5 rings (SSSR count). The van der Waals surface area contributed by atoms with Gasteiger partial charge in [-0.15, -0.1) is 0 Å². The van der Waals surface area contributed by atoms with Crippen LogP contribution in [0.25, 0.3) is 21.9 Å². The normalized spacial score (nSPS) is 14.9. The summed E-state index contributed by atoms with van der Waals surface area (Å²) in [6.07, 6.45) is 4.31. The Morgan fingerprint density at radius 2 is 1.62 bits per heavy atom. The third-order valence-electron chi connectivity index (χ3n) is 6.56. The minimum absolute atomic E-state index is 0.182. The summed E-state index contributed by atoms with van der Waals surface area (Å²) in [5.74, 6) is 0.741. The third kappa shape index (κ3) is 3.75. The van der Waals surface area contributed by atoms with Gasteiger partial charge in [-0.25, -0.2) is 4.98 Å². The predicted molar refractivity (Wildman–Crippen MR) is 128 cm³/mol. The fraction of sp³-hybridized carbons (Fsp3) is 0.346. The van der Waals surface area contributed by atoms with Crippen molar-refractivity contribution in [3.63, 3.8) is 0 Å².